The van der Waals surface area contributed by atoms with Crippen molar-refractivity contribution in [3.05, 3.63) is 33.4 Å². The van der Waals surface area contributed by atoms with Crippen LogP contribution in [0.15, 0.2) is 24.3 Å². The lowest BCUT2D eigenvalue weighted by Gasteiger charge is -2.30. The third-order valence-electron chi connectivity index (χ3n) is 2.85. The maximum absolute atomic E-state index is 12.4. The highest BCUT2D eigenvalue weighted by atomic mass is 127. The summed E-state index contributed by atoms with van der Waals surface area (Å²) < 4.78 is 1.15. The van der Waals surface area contributed by atoms with Gasteiger partial charge in [0.05, 0.1) is 0 Å². The molecular weight excluding hydrogens is 339 g/mol. The van der Waals surface area contributed by atoms with E-state index < -0.39 is 0 Å². The van der Waals surface area contributed by atoms with Gasteiger partial charge in [0, 0.05) is 28.3 Å². The first kappa shape index (κ1) is 15.4. The molecule has 1 amide bonds. The fourth-order valence-corrected chi connectivity index (χ4v) is 2.40. The Labute approximate surface area is 123 Å². The molecule has 1 aromatic rings. The molecule has 0 saturated heterocycles. The summed E-state index contributed by atoms with van der Waals surface area (Å²) in [7, 11) is 4.05. The molecule has 1 unspecified atom stereocenters. The van der Waals surface area contributed by atoms with Crippen LogP contribution in [-0.4, -0.2) is 48.9 Å². The molecule has 0 heterocycles. The third-order valence-corrected chi connectivity index (χ3v) is 3.57. The number of hydrogen-bond donors (Lipinski definition) is 0. The number of carbonyl (C=O) groups is 1. The molecule has 4 heteroatoms. The minimum Gasteiger partial charge on any atom is -0.335 e. The second-order valence-corrected chi connectivity index (χ2v) is 5.95. The highest BCUT2D eigenvalue weighted by Crippen LogP contribution is 2.11. The van der Waals surface area contributed by atoms with Gasteiger partial charge in [-0.05, 0) is 74.8 Å². The van der Waals surface area contributed by atoms with Crippen LogP contribution in [0.4, 0.5) is 0 Å². The van der Waals surface area contributed by atoms with E-state index in [1.807, 2.05) is 50.2 Å². The number of hydrogen-bond acceptors (Lipinski definition) is 2. The lowest BCUT2D eigenvalue weighted by atomic mass is 10.1. The second kappa shape index (κ2) is 7.09. The zero-order valence-electron chi connectivity index (χ0n) is 11.5. The SMILES string of the molecule is CCN(C(=O)c1ccc(I)cc1)C(C)CN(C)C. The molecule has 3 nitrogen and oxygen atoms in total. The molecule has 0 N–H and O–H groups in total. The molecule has 18 heavy (non-hydrogen) atoms. The Kier molecular flexibility index (Phi) is 6.08. The van der Waals surface area contributed by atoms with Crippen LogP contribution in [0.2, 0.25) is 0 Å². The van der Waals surface area contributed by atoms with Gasteiger partial charge in [-0.2, -0.15) is 0 Å². The lowest BCUT2D eigenvalue weighted by Crippen LogP contribution is -2.43. The Bertz CT molecular complexity index is 389. The fraction of sp³-hybridized carbons (Fsp3) is 0.500. The molecule has 0 radical (unpaired) electrons. The molecule has 0 bridgehead atoms. The summed E-state index contributed by atoms with van der Waals surface area (Å²) in [5, 5.41) is 0. The summed E-state index contributed by atoms with van der Waals surface area (Å²) in [5.41, 5.74) is 0.767. The van der Waals surface area contributed by atoms with Gasteiger partial charge in [-0.1, -0.05) is 0 Å². The minimum atomic E-state index is 0.114. The number of benzene rings is 1. The van der Waals surface area contributed by atoms with Gasteiger partial charge in [0.1, 0.15) is 0 Å². The van der Waals surface area contributed by atoms with Crippen LogP contribution in [0.1, 0.15) is 24.2 Å². The molecular formula is C14H21IN2O. The number of rotatable bonds is 5. The smallest absolute Gasteiger partial charge is 0.254 e. The van der Waals surface area contributed by atoms with Gasteiger partial charge in [0.25, 0.3) is 5.91 Å². The van der Waals surface area contributed by atoms with Crippen LogP contribution in [0.5, 0.6) is 0 Å². The van der Waals surface area contributed by atoms with Crippen molar-refractivity contribution in [2.75, 3.05) is 27.2 Å². The van der Waals surface area contributed by atoms with E-state index in [0.717, 1.165) is 22.2 Å². The van der Waals surface area contributed by atoms with Crippen molar-refractivity contribution in [2.45, 2.75) is 19.9 Å². The summed E-state index contributed by atoms with van der Waals surface area (Å²) in [6.07, 6.45) is 0. The van der Waals surface area contributed by atoms with Crippen molar-refractivity contribution in [3.63, 3.8) is 0 Å². The molecule has 0 aliphatic carbocycles. The first-order valence-corrected chi connectivity index (χ1v) is 7.24. The number of carbonyl (C=O) groups excluding carboxylic acids is 1. The topological polar surface area (TPSA) is 23.6 Å². The Morgan fingerprint density at radius 2 is 1.83 bits per heavy atom. The number of amides is 1. The van der Waals surface area contributed by atoms with Gasteiger partial charge < -0.3 is 9.80 Å². The van der Waals surface area contributed by atoms with E-state index in [2.05, 4.69) is 34.4 Å². The molecule has 100 valence electrons. The summed E-state index contributed by atoms with van der Waals surface area (Å²) in [6.45, 7) is 5.73. The summed E-state index contributed by atoms with van der Waals surface area (Å²) in [6, 6.07) is 7.96. The third kappa shape index (κ3) is 4.24. The minimum absolute atomic E-state index is 0.114. The summed E-state index contributed by atoms with van der Waals surface area (Å²) >= 11 is 2.24. The normalized spacial score (nSPS) is 12.6. The van der Waals surface area contributed by atoms with Gasteiger partial charge in [0.2, 0.25) is 0 Å². The number of likely N-dealkylation sites (N-methyl/N-ethyl adjacent to an activating group) is 2. The highest BCUT2D eigenvalue weighted by Gasteiger charge is 2.20. The quantitative estimate of drug-likeness (QED) is 0.754. The molecule has 0 aromatic heterocycles. The summed E-state index contributed by atoms with van der Waals surface area (Å²) in [4.78, 5) is 16.4. The monoisotopic (exact) mass is 360 g/mol. The van der Waals surface area contributed by atoms with E-state index >= 15 is 0 Å². The largest absolute Gasteiger partial charge is 0.335 e. The van der Waals surface area contributed by atoms with Crippen LogP contribution >= 0.6 is 22.6 Å². The van der Waals surface area contributed by atoms with E-state index in [9.17, 15) is 4.79 Å². The van der Waals surface area contributed by atoms with Crippen molar-refractivity contribution < 1.29 is 4.79 Å². The average Bonchev–Trinajstić information content (AvgIpc) is 2.29. The predicted octanol–water partition coefficient (Wildman–Crippen LogP) is 2.70. The van der Waals surface area contributed by atoms with Gasteiger partial charge in [-0.25, -0.2) is 0 Å². The molecule has 1 rings (SSSR count). The van der Waals surface area contributed by atoms with Crippen LogP contribution in [-0.2, 0) is 0 Å². The van der Waals surface area contributed by atoms with Crippen LogP contribution < -0.4 is 0 Å². The van der Waals surface area contributed by atoms with Gasteiger partial charge >= 0.3 is 0 Å². The van der Waals surface area contributed by atoms with Gasteiger partial charge in [0.15, 0.2) is 0 Å². The van der Waals surface area contributed by atoms with Crippen LogP contribution in [0, 0.1) is 3.57 Å². The van der Waals surface area contributed by atoms with E-state index in [4.69, 9.17) is 0 Å². The standard InChI is InChI=1S/C14H21IN2O/c1-5-17(11(2)10-16(3)4)14(18)12-6-8-13(15)9-7-12/h6-9,11H,5,10H2,1-4H3. The zero-order valence-corrected chi connectivity index (χ0v) is 13.6. The molecule has 1 atom stereocenters. The lowest BCUT2D eigenvalue weighted by molar-refractivity contribution is 0.0679. The maximum atomic E-state index is 12.4. The van der Waals surface area contributed by atoms with E-state index in [1.54, 1.807) is 0 Å². The molecule has 0 spiro atoms. The molecule has 0 aliphatic heterocycles. The summed E-state index contributed by atoms with van der Waals surface area (Å²) in [5.74, 6) is 0.114. The van der Waals surface area contributed by atoms with E-state index in [1.165, 1.54) is 0 Å². The Morgan fingerprint density at radius 3 is 2.28 bits per heavy atom. The van der Waals surface area contributed by atoms with E-state index in [0.29, 0.717) is 0 Å². The predicted molar refractivity (Wildman–Crippen MR) is 83.9 cm³/mol. The number of nitrogens with zero attached hydrogens (tertiary/aromatic N) is 2. The van der Waals surface area contributed by atoms with Gasteiger partial charge in [-0.15, -0.1) is 0 Å². The van der Waals surface area contributed by atoms with Crippen molar-refractivity contribution in [3.8, 4) is 0 Å². The highest BCUT2D eigenvalue weighted by molar-refractivity contribution is 14.1. The zero-order chi connectivity index (χ0) is 13.7. The van der Waals surface area contributed by atoms with Crippen molar-refractivity contribution in [2.24, 2.45) is 0 Å². The first-order chi connectivity index (χ1) is 8.45. The molecule has 0 saturated carbocycles. The number of halogens is 1. The van der Waals surface area contributed by atoms with Crippen molar-refractivity contribution in [1.29, 1.82) is 0 Å². The molecule has 0 aliphatic rings. The molecule has 1 aromatic carbocycles. The van der Waals surface area contributed by atoms with Crippen molar-refractivity contribution >= 4 is 28.5 Å². The van der Waals surface area contributed by atoms with Crippen LogP contribution in [0.25, 0.3) is 0 Å². The van der Waals surface area contributed by atoms with E-state index in [-0.39, 0.29) is 11.9 Å². The average molecular weight is 360 g/mol. The van der Waals surface area contributed by atoms with Crippen LogP contribution in [0.3, 0.4) is 0 Å². The molecule has 0 fully saturated rings. The maximum Gasteiger partial charge on any atom is 0.254 e. The van der Waals surface area contributed by atoms with Gasteiger partial charge in [-0.3, -0.25) is 4.79 Å². The Morgan fingerprint density at radius 1 is 1.28 bits per heavy atom. The fourth-order valence-electron chi connectivity index (χ4n) is 2.04. The Hall–Kier alpha value is -0.620. The van der Waals surface area contributed by atoms with Crippen molar-refractivity contribution in [1.82, 2.24) is 9.80 Å². The Balaban J connectivity index is 2.81. The second-order valence-electron chi connectivity index (χ2n) is 4.71. The first-order valence-electron chi connectivity index (χ1n) is 6.17.